The molecule has 142 valence electrons. The van der Waals surface area contributed by atoms with E-state index in [9.17, 15) is 14.4 Å². The van der Waals surface area contributed by atoms with Gasteiger partial charge < -0.3 is 20.3 Å². The van der Waals surface area contributed by atoms with Gasteiger partial charge in [-0.3, -0.25) is 14.5 Å². The van der Waals surface area contributed by atoms with Crippen LogP contribution in [0.25, 0.3) is 0 Å². The summed E-state index contributed by atoms with van der Waals surface area (Å²) in [5.74, 6) is -0.276. The number of carbonyl (C=O) groups is 3. The van der Waals surface area contributed by atoms with Crippen LogP contribution in [-0.4, -0.2) is 83.0 Å². The first kappa shape index (κ1) is 19.5. The number of carbonyl (C=O) groups excluding carboxylic acids is 3. The van der Waals surface area contributed by atoms with E-state index in [1.54, 1.807) is 4.90 Å². The van der Waals surface area contributed by atoms with Crippen molar-refractivity contribution in [1.82, 2.24) is 14.7 Å². The van der Waals surface area contributed by atoms with Crippen molar-refractivity contribution in [3.8, 4) is 0 Å². The van der Waals surface area contributed by atoms with Gasteiger partial charge in [0.1, 0.15) is 11.1 Å². The first-order valence-electron chi connectivity index (χ1n) is 8.75. The van der Waals surface area contributed by atoms with Gasteiger partial charge in [-0.25, -0.2) is 4.79 Å². The van der Waals surface area contributed by atoms with E-state index in [4.69, 9.17) is 10.5 Å². The number of ether oxygens (including phenoxy) is 1. The second kappa shape index (κ2) is 6.82. The Bertz CT molecular complexity index is 557. The molecule has 0 radical (unpaired) electrons. The lowest BCUT2D eigenvalue weighted by Crippen LogP contribution is -2.81. The summed E-state index contributed by atoms with van der Waals surface area (Å²) < 4.78 is 5.45. The van der Waals surface area contributed by atoms with Gasteiger partial charge in [-0.2, -0.15) is 0 Å². The lowest BCUT2D eigenvalue weighted by molar-refractivity contribution is -0.173. The molecule has 1 unspecified atom stereocenters. The minimum Gasteiger partial charge on any atom is -0.444 e. The number of hydrogen-bond donors (Lipinski definition) is 1. The smallest absolute Gasteiger partial charge is 0.410 e. The lowest BCUT2D eigenvalue weighted by atomic mass is 9.83. The topological polar surface area (TPSA) is 96.2 Å². The molecule has 0 aliphatic carbocycles. The Kier molecular flexibility index (Phi) is 5.32. The molecule has 2 saturated heterocycles. The summed E-state index contributed by atoms with van der Waals surface area (Å²) in [5, 5.41) is 0. The van der Waals surface area contributed by atoms with Gasteiger partial charge >= 0.3 is 6.09 Å². The van der Waals surface area contributed by atoms with Crippen LogP contribution in [0, 0.1) is 5.92 Å². The van der Waals surface area contributed by atoms with Crippen molar-refractivity contribution in [2.45, 2.75) is 45.8 Å². The summed E-state index contributed by atoms with van der Waals surface area (Å²) in [5.41, 5.74) is 3.86. The largest absolute Gasteiger partial charge is 0.444 e. The van der Waals surface area contributed by atoms with E-state index in [0.717, 1.165) is 6.54 Å². The number of piperazine rings is 1. The predicted octanol–water partition coefficient (Wildman–Crippen LogP) is 0.261. The molecule has 2 heterocycles. The summed E-state index contributed by atoms with van der Waals surface area (Å²) >= 11 is 0. The van der Waals surface area contributed by atoms with E-state index in [0.29, 0.717) is 25.6 Å². The minimum absolute atomic E-state index is 0.0808. The highest BCUT2D eigenvalue weighted by atomic mass is 16.6. The van der Waals surface area contributed by atoms with E-state index >= 15 is 0 Å². The van der Waals surface area contributed by atoms with Crippen LogP contribution >= 0.6 is 0 Å². The Hall–Kier alpha value is -1.83. The fourth-order valence-corrected chi connectivity index (χ4v) is 3.47. The van der Waals surface area contributed by atoms with Crippen molar-refractivity contribution in [1.29, 1.82) is 0 Å². The fourth-order valence-electron chi connectivity index (χ4n) is 3.47. The first-order chi connectivity index (χ1) is 11.4. The van der Waals surface area contributed by atoms with Gasteiger partial charge in [0, 0.05) is 19.6 Å². The van der Waals surface area contributed by atoms with E-state index < -0.39 is 23.1 Å². The molecule has 0 saturated carbocycles. The number of primary amides is 1. The van der Waals surface area contributed by atoms with Crippen molar-refractivity contribution in [2.24, 2.45) is 11.7 Å². The first-order valence-corrected chi connectivity index (χ1v) is 8.75. The van der Waals surface area contributed by atoms with Crippen LogP contribution in [0.1, 0.15) is 34.6 Å². The van der Waals surface area contributed by atoms with Crippen LogP contribution in [0.5, 0.6) is 0 Å². The predicted molar refractivity (Wildman–Crippen MR) is 92.7 cm³/mol. The second-order valence-corrected chi connectivity index (χ2v) is 8.40. The van der Waals surface area contributed by atoms with Crippen molar-refractivity contribution >= 4 is 17.9 Å². The highest BCUT2D eigenvalue weighted by Crippen LogP contribution is 2.34. The third-order valence-corrected chi connectivity index (χ3v) is 4.42. The van der Waals surface area contributed by atoms with Gasteiger partial charge in [-0.1, -0.05) is 13.8 Å². The van der Waals surface area contributed by atoms with E-state index in [-0.39, 0.29) is 19.0 Å². The molecule has 1 atom stereocenters. The highest BCUT2D eigenvalue weighted by Gasteiger charge is 2.59. The van der Waals surface area contributed by atoms with Gasteiger partial charge in [0.2, 0.25) is 11.8 Å². The molecule has 2 N–H and O–H groups in total. The average Bonchev–Trinajstić information content (AvgIpc) is 2.45. The number of rotatable bonds is 4. The van der Waals surface area contributed by atoms with Gasteiger partial charge in [0.25, 0.3) is 0 Å². The summed E-state index contributed by atoms with van der Waals surface area (Å²) in [6.45, 7) is 12.1. The molecule has 2 aliphatic heterocycles. The van der Waals surface area contributed by atoms with Crippen molar-refractivity contribution in [3.63, 3.8) is 0 Å². The highest BCUT2D eigenvalue weighted by molar-refractivity contribution is 5.96. The van der Waals surface area contributed by atoms with E-state index in [1.807, 2.05) is 20.8 Å². The van der Waals surface area contributed by atoms with Gasteiger partial charge in [0.05, 0.1) is 19.6 Å². The quantitative estimate of drug-likeness (QED) is 0.731. The standard InChI is InChI=1S/C17H30N4O4/c1-12(2)8-21-7-6-19(15(24)25-16(3,4)5)10-17(21)11-20(14(17)23)9-13(18)22/h12H,6-11H2,1-5H3,(H2,18,22). The zero-order valence-electron chi connectivity index (χ0n) is 15.9. The van der Waals surface area contributed by atoms with Crippen LogP contribution in [0.15, 0.2) is 0 Å². The normalized spacial score (nSPS) is 24.6. The summed E-state index contributed by atoms with van der Waals surface area (Å²) in [7, 11) is 0. The third kappa shape index (κ3) is 4.23. The van der Waals surface area contributed by atoms with E-state index in [1.165, 1.54) is 4.90 Å². The Morgan fingerprint density at radius 2 is 1.88 bits per heavy atom. The summed E-state index contributed by atoms with van der Waals surface area (Å²) in [4.78, 5) is 41.6. The molecule has 3 amide bonds. The molecule has 25 heavy (non-hydrogen) atoms. The number of nitrogens with two attached hydrogens (primary N) is 1. The fraction of sp³-hybridized carbons (Fsp3) is 0.824. The SMILES string of the molecule is CC(C)CN1CCN(C(=O)OC(C)(C)C)CC12CN(CC(N)=O)C2=O. The van der Waals surface area contributed by atoms with Crippen LogP contribution in [0.3, 0.4) is 0 Å². The molecular weight excluding hydrogens is 324 g/mol. The number of likely N-dealkylation sites (tertiary alicyclic amines) is 1. The van der Waals surface area contributed by atoms with Crippen LogP contribution in [-0.2, 0) is 14.3 Å². The van der Waals surface area contributed by atoms with Crippen molar-refractivity contribution in [3.05, 3.63) is 0 Å². The van der Waals surface area contributed by atoms with Crippen LogP contribution in [0.4, 0.5) is 4.79 Å². The summed E-state index contributed by atoms with van der Waals surface area (Å²) in [6, 6.07) is 0. The maximum Gasteiger partial charge on any atom is 0.410 e. The van der Waals surface area contributed by atoms with Crippen molar-refractivity contribution in [2.75, 3.05) is 39.3 Å². The zero-order chi connectivity index (χ0) is 19.0. The monoisotopic (exact) mass is 354 g/mol. The minimum atomic E-state index is -0.769. The van der Waals surface area contributed by atoms with E-state index in [2.05, 4.69) is 18.7 Å². The molecule has 2 aliphatic rings. The van der Waals surface area contributed by atoms with Crippen LogP contribution in [0.2, 0.25) is 0 Å². The molecule has 8 heteroatoms. The molecule has 0 bridgehead atoms. The maximum atomic E-state index is 12.8. The maximum absolute atomic E-state index is 12.8. The molecule has 2 fully saturated rings. The Morgan fingerprint density at radius 1 is 1.24 bits per heavy atom. The lowest BCUT2D eigenvalue weighted by Gasteiger charge is -2.58. The Morgan fingerprint density at radius 3 is 2.36 bits per heavy atom. The van der Waals surface area contributed by atoms with Gasteiger partial charge in [0.15, 0.2) is 0 Å². The number of nitrogens with zero attached hydrogens (tertiary/aromatic N) is 3. The molecule has 1 spiro atoms. The van der Waals surface area contributed by atoms with Gasteiger partial charge in [-0.15, -0.1) is 0 Å². The molecular formula is C17H30N4O4. The molecule has 0 aromatic carbocycles. The molecule has 2 rings (SSSR count). The number of hydrogen-bond acceptors (Lipinski definition) is 5. The van der Waals surface area contributed by atoms with Crippen molar-refractivity contribution < 1.29 is 19.1 Å². The Labute approximate surface area is 149 Å². The second-order valence-electron chi connectivity index (χ2n) is 8.40. The molecule has 8 nitrogen and oxygen atoms in total. The number of β-lactam (4-membered cyclic amide) rings is 1. The zero-order valence-corrected chi connectivity index (χ0v) is 15.9. The summed E-state index contributed by atoms with van der Waals surface area (Å²) in [6.07, 6.45) is -0.405. The van der Waals surface area contributed by atoms with Crippen LogP contribution < -0.4 is 5.73 Å². The van der Waals surface area contributed by atoms with Gasteiger partial charge in [-0.05, 0) is 26.7 Å². The average molecular weight is 354 g/mol. The Balaban J connectivity index is 2.15. The third-order valence-electron chi connectivity index (χ3n) is 4.42. The molecule has 0 aromatic heterocycles. The molecule has 0 aromatic rings. The number of amides is 3.